The van der Waals surface area contributed by atoms with Crippen molar-refractivity contribution in [3.05, 3.63) is 64.5 Å². The van der Waals surface area contributed by atoms with Gasteiger partial charge in [-0.3, -0.25) is 9.59 Å². The van der Waals surface area contributed by atoms with Gasteiger partial charge in [0.15, 0.2) is 0 Å². The zero-order valence-corrected chi connectivity index (χ0v) is 12.9. The van der Waals surface area contributed by atoms with E-state index in [2.05, 4.69) is 10.6 Å². The van der Waals surface area contributed by atoms with Crippen LogP contribution in [0.4, 0.5) is 11.4 Å². The van der Waals surface area contributed by atoms with Crippen LogP contribution in [0.3, 0.4) is 0 Å². The molecule has 22 heavy (non-hydrogen) atoms. The molecule has 0 unspecified atom stereocenters. The van der Waals surface area contributed by atoms with Crippen molar-refractivity contribution in [2.75, 3.05) is 10.6 Å². The number of hydrogen-bond acceptors (Lipinski definition) is 3. The third kappa shape index (κ3) is 3.00. The van der Waals surface area contributed by atoms with Crippen LogP contribution in [0.25, 0.3) is 0 Å². The summed E-state index contributed by atoms with van der Waals surface area (Å²) in [6, 6.07) is 16.3. The first-order valence-corrected chi connectivity index (χ1v) is 7.69. The van der Waals surface area contributed by atoms with Crippen LogP contribution in [-0.4, -0.2) is 11.8 Å². The number of halogens is 1. The van der Waals surface area contributed by atoms with Crippen LogP contribution in [0, 0.1) is 0 Å². The van der Waals surface area contributed by atoms with Gasteiger partial charge < -0.3 is 10.6 Å². The number of para-hydroxylation sites is 2. The van der Waals surface area contributed by atoms with E-state index in [4.69, 9.17) is 11.6 Å². The number of thioether (sulfide) groups is 1. The Hall–Kier alpha value is -2.24. The van der Waals surface area contributed by atoms with Gasteiger partial charge in [0.1, 0.15) is 9.94 Å². The highest BCUT2D eigenvalue weighted by atomic mass is 35.5. The van der Waals surface area contributed by atoms with Crippen LogP contribution in [-0.2, 0) is 9.59 Å². The summed E-state index contributed by atoms with van der Waals surface area (Å²) in [7, 11) is 0. The number of benzene rings is 2. The lowest BCUT2D eigenvalue weighted by atomic mass is 10.3. The molecule has 0 radical (unpaired) electrons. The predicted octanol–water partition coefficient (Wildman–Crippen LogP) is 3.82. The van der Waals surface area contributed by atoms with Crippen LogP contribution in [0.15, 0.2) is 69.4 Å². The molecule has 0 saturated carbocycles. The van der Waals surface area contributed by atoms with Gasteiger partial charge in [-0.2, -0.15) is 0 Å². The minimum atomic E-state index is -0.509. The first-order valence-electron chi connectivity index (χ1n) is 6.49. The van der Waals surface area contributed by atoms with Crippen molar-refractivity contribution in [3.63, 3.8) is 0 Å². The second kappa shape index (κ2) is 6.25. The summed E-state index contributed by atoms with van der Waals surface area (Å²) in [5, 5.41) is 5.26. The van der Waals surface area contributed by atoms with Gasteiger partial charge in [-0.15, -0.1) is 0 Å². The molecule has 1 aliphatic rings. The maximum atomic E-state index is 12.2. The highest BCUT2D eigenvalue weighted by molar-refractivity contribution is 8.04. The van der Waals surface area contributed by atoms with E-state index < -0.39 is 5.91 Å². The number of nitrogens with one attached hydrogen (secondary N) is 2. The van der Waals surface area contributed by atoms with E-state index in [1.165, 1.54) is 11.8 Å². The summed E-state index contributed by atoms with van der Waals surface area (Å²) in [5.41, 5.74) is 1.34. The van der Waals surface area contributed by atoms with Gasteiger partial charge in [-0.05, 0) is 24.3 Å². The van der Waals surface area contributed by atoms with Crippen LogP contribution in [0.5, 0.6) is 0 Å². The smallest absolute Gasteiger partial charge is 0.268 e. The molecular weight excluding hydrogens is 320 g/mol. The van der Waals surface area contributed by atoms with Crippen molar-refractivity contribution in [2.24, 2.45) is 0 Å². The third-order valence-corrected chi connectivity index (χ3v) is 4.63. The number of fused-ring (bicyclic) bond motifs is 1. The molecule has 2 aromatic carbocycles. The molecule has 1 heterocycles. The Labute approximate surface area is 136 Å². The van der Waals surface area contributed by atoms with Gasteiger partial charge in [0.25, 0.3) is 11.8 Å². The third-order valence-electron chi connectivity index (χ3n) is 2.98. The maximum Gasteiger partial charge on any atom is 0.268 e. The maximum absolute atomic E-state index is 12.2. The van der Waals surface area contributed by atoms with Crippen molar-refractivity contribution in [1.29, 1.82) is 0 Å². The number of rotatable bonds is 2. The van der Waals surface area contributed by atoms with Crippen LogP contribution in [0.1, 0.15) is 0 Å². The van der Waals surface area contributed by atoms with Gasteiger partial charge in [-0.25, -0.2) is 0 Å². The monoisotopic (exact) mass is 330 g/mol. The lowest BCUT2D eigenvalue weighted by Crippen LogP contribution is -2.21. The lowest BCUT2D eigenvalue weighted by molar-refractivity contribution is -0.114. The van der Waals surface area contributed by atoms with Crippen LogP contribution in [0.2, 0.25) is 0 Å². The Balaban J connectivity index is 1.86. The molecule has 0 atom stereocenters. The van der Waals surface area contributed by atoms with E-state index in [0.29, 0.717) is 11.4 Å². The van der Waals surface area contributed by atoms with Gasteiger partial charge in [-0.1, -0.05) is 53.7 Å². The normalized spacial score (nSPS) is 15.6. The first kappa shape index (κ1) is 14.7. The van der Waals surface area contributed by atoms with Crippen LogP contribution < -0.4 is 10.6 Å². The van der Waals surface area contributed by atoms with E-state index in [-0.39, 0.29) is 15.8 Å². The fourth-order valence-electron chi connectivity index (χ4n) is 1.95. The number of amides is 2. The zero-order chi connectivity index (χ0) is 15.5. The minimum absolute atomic E-state index is 0.124. The summed E-state index contributed by atoms with van der Waals surface area (Å²) >= 11 is 7.29. The fourth-order valence-corrected chi connectivity index (χ4v) is 3.12. The SMILES string of the molecule is O=C(Nc1ccccc1)/C(Cl)=C1/Sc2ccccc2NC1=O. The van der Waals surface area contributed by atoms with E-state index in [1.807, 2.05) is 24.3 Å². The van der Waals surface area contributed by atoms with Crippen molar-refractivity contribution in [1.82, 2.24) is 0 Å². The number of carbonyl (C=O) groups is 2. The largest absolute Gasteiger partial charge is 0.321 e. The molecule has 2 N–H and O–H groups in total. The summed E-state index contributed by atoms with van der Waals surface area (Å²) in [6.07, 6.45) is 0. The molecule has 6 heteroatoms. The highest BCUT2D eigenvalue weighted by Gasteiger charge is 2.26. The number of carbonyl (C=O) groups excluding carboxylic acids is 2. The molecule has 0 saturated heterocycles. The van der Waals surface area contributed by atoms with E-state index in [1.54, 1.807) is 30.3 Å². The van der Waals surface area contributed by atoms with Crippen molar-refractivity contribution >= 4 is 46.6 Å². The topological polar surface area (TPSA) is 58.2 Å². The molecule has 0 aromatic heterocycles. The van der Waals surface area contributed by atoms with Crippen molar-refractivity contribution in [3.8, 4) is 0 Å². The Bertz CT molecular complexity index is 775. The molecule has 0 spiro atoms. The van der Waals surface area contributed by atoms with Crippen molar-refractivity contribution < 1.29 is 9.59 Å². The lowest BCUT2D eigenvalue weighted by Gasteiger charge is -2.19. The fraction of sp³-hybridized carbons (Fsp3) is 0. The molecular formula is C16H11ClN2O2S. The van der Waals surface area contributed by atoms with E-state index in [0.717, 1.165) is 4.90 Å². The molecule has 0 fully saturated rings. The highest BCUT2D eigenvalue weighted by Crippen LogP contribution is 2.40. The minimum Gasteiger partial charge on any atom is -0.321 e. The van der Waals surface area contributed by atoms with Crippen molar-refractivity contribution in [2.45, 2.75) is 4.90 Å². The summed E-state index contributed by atoms with van der Waals surface area (Å²) in [5.74, 6) is -0.887. The standard InChI is InChI=1S/C16H11ClN2O2S/c17-13(15(20)18-10-6-2-1-3-7-10)14-16(21)19-11-8-4-5-9-12(11)22-14/h1-9H,(H,18,20)(H,19,21)/b14-13-. The molecule has 2 aromatic rings. The first-order chi connectivity index (χ1) is 10.6. The molecule has 0 aliphatic carbocycles. The molecule has 110 valence electrons. The molecule has 4 nitrogen and oxygen atoms in total. The number of anilines is 2. The molecule has 1 aliphatic heterocycles. The number of hydrogen-bond donors (Lipinski definition) is 2. The predicted molar refractivity (Wildman–Crippen MR) is 88.9 cm³/mol. The average molecular weight is 331 g/mol. The molecule has 3 rings (SSSR count). The van der Waals surface area contributed by atoms with E-state index in [9.17, 15) is 9.59 Å². The van der Waals surface area contributed by atoms with Gasteiger partial charge in [0.05, 0.1) is 5.69 Å². The Morgan fingerprint density at radius 2 is 1.73 bits per heavy atom. The summed E-state index contributed by atoms with van der Waals surface area (Å²) < 4.78 is 0. The van der Waals surface area contributed by atoms with Gasteiger partial charge >= 0.3 is 0 Å². The van der Waals surface area contributed by atoms with Gasteiger partial charge in [0.2, 0.25) is 0 Å². The van der Waals surface area contributed by atoms with Crippen LogP contribution >= 0.6 is 23.4 Å². The summed E-state index contributed by atoms with van der Waals surface area (Å²) in [4.78, 5) is 25.3. The van der Waals surface area contributed by atoms with E-state index >= 15 is 0 Å². The summed E-state index contributed by atoms with van der Waals surface area (Å²) in [6.45, 7) is 0. The zero-order valence-electron chi connectivity index (χ0n) is 11.3. The Morgan fingerprint density at radius 3 is 2.50 bits per heavy atom. The second-order valence-corrected chi connectivity index (χ2v) is 5.95. The molecule has 0 bridgehead atoms. The Morgan fingerprint density at radius 1 is 1.05 bits per heavy atom. The second-order valence-electron chi connectivity index (χ2n) is 4.52. The average Bonchev–Trinajstić information content (AvgIpc) is 2.54. The molecule has 2 amide bonds. The quantitative estimate of drug-likeness (QED) is 0.823. The Kier molecular flexibility index (Phi) is 4.18. The van der Waals surface area contributed by atoms with Gasteiger partial charge in [0, 0.05) is 10.6 Å².